The number of aryl methyl sites for hydroxylation is 3. The summed E-state index contributed by atoms with van der Waals surface area (Å²) in [6.07, 6.45) is 0. The zero-order valence-corrected chi connectivity index (χ0v) is 11.9. The van der Waals surface area contributed by atoms with Gasteiger partial charge in [-0.15, -0.1) is 0 Å². The van der Waals surface area contributed by atoms with Crippen LogP contribution in [0.3, 0.4) is 0 Å². The molecule has 0 fully saturated rings. The van der Waals surface area contributed by atoms with E-state index >= 15 is 0 Å². The third kappa shape index (κ3) is 3.15. The van der Waals surface area contributed by atoms with Crippen molar-refractivity contribution < 1.29 is 4.79 Å². The van der Waals surface area contributed by atoms with Crippen LogP contribution in [0, 0.1) is 20.8 Å². The number of nitrogens with one attached hydrogen (secondary N) is 1. The molecular weight excluding hydrogens is 252 g/mol. The van der Waals surface area contributed by atoms with Gasteiger partial charge in [-0.25, -0.2) is 0 Å². The van der Waals surface area contributed by atoms with E-state index in [4.69, 9.17) is 0 Å². The second-order valence-electron chi connectivity index (χ2n) is 4.92. The van der Waals surface area contributed by atoms with Crippen LogP contribution in [0.5, 0.6) is 0 Å². The number of anilines is 1. The molecule has 1 heterocycles. The van der Waals surface area contributed by atoms with Crippen LogP contribution in [-0.2, 0) is 11.3 Å². The molecule has 0 atom stereocenters. The van der Waals surface area contributed by atoms with Crippen LogP contribution in [0.25, 0.3) is 0 Å². The lowest BCUT2D eigenvalue weighted by Crippen LogP contribution is -2.23. The third-order valence-electron chi connectivity index (χ3n) is 3.27. The zero-order chi connectivity index (χ0) is 14.7. The molecule has 0 radical (unpaired) electrons. The fourth-order valence-corrected chi connectivity index (χ4v) is 2.18. The normalized spacial score (nSPS) is 10.3. The summed E-state index contributed by atoms with van der Waals surface area (Å²) in [5.74, 6) is -0.103. The molecule has 0 aliphatic heterocycles. The first-order valence-electron chi connectivity index (χ1n) is 6.51. The first-order valence-corrected chi connectivity index (χ1v) is 6.51. The summed E-state index contributed by atoms with van der Waals surface area (Å²) in [4.78, 5) is 23.5. The van der Waals surface area contributed by atoms with Crippen LogP contribution >= 0.6 is 0 Å². The zero-order valence-electron chi connectivity index (χ0n) is 11.9. The molecular formula is C16H18N2O2. The fourth-order valence-electron chi connectivity index (χ4n) is 2.18. The van der Waals surface area contributed by atoms with Crippen molar-refractivity contribution in [3.63, 3.8) is 0 Å². The van der Waals surface area contributed by atoms with Gasteiger partial charge < -0.3 is 9.88 Å². The molecule has 0 saturated carbocycles. The highest BCUT2D eigenvalue weighted by molar-refractivity contribution is 5.91. The van der Waals surface area contributed by atoms with Gasteiger partial charge in [0.1, 0.15) is 6.54 Å². The molecule has 0 saturated heterocycles. The van der Waals surface area contributed by atoms with E-state index in [0.29, 0.717) is 0 Å². The van der Waals surface area contributed by atoms with Gasteiger partial charge in [0.25, 0.3) is 0 Å². The second kappa shape index (κ2) is 5.74. The number of carbonyl (C=O) groups excluding carboxylic acids is 1. The second-order valence-corrected chi connectivity index (χ2v) is 4.92. The molecule has 0 spiro atoms. The van der Waals surface area contributed by atoms with E-state index in [-0.39, 0.29) is 17.9 Å². The Labute approximate surface area is 118 Å². The molecule has 2 rings (SSSR count). The smallest absolute Gasteiger partial charge is 0.244 e. The number of aromatic nitrogens is 1. The summed E-state index contributed by atoms with van der Waals surface area (Å²) in [6, 6.07) is 10.7. The molecule has 1 aromatic heterocycles. The van der Waals surface area contributed by atoms with Crippen LogP contribution in [0.1, 0.15) is 17.0 Å². The number of amides is 1. The van der Waals surface area contributed by atoms with E-state index in [9.17, 15) is 9.59 Å². The molecule has 104 valence electrons. The molecule has 0 aliphatic carbocycles. The van der Waals surface area contributed by atoms with Gasteiger partial charge in [0.15, 0.2) is 5.43 Å². The number of hydrogen-bond acceptors (Lipinski definition) is 2. The SMILES string of the molecule is Cc1ccccc1NC(=O)Cn1c(C)cc(=O)cc1C. The number of hydrogen-bond donors (Lipinski definition) is 1. The Morgan fingerprint density at radius 1 is 1.10 bits per heavy atom. The summed E-state index contributed by atoms with van der Waals surface area (Å²) in [6.45, 7) is 5.81. The van der Waals surface area contributed by atoms with Crippen molar-refractivity contribution in [2.75, 3.05) is 5.32 Å². The maximum atomic E-state index is 12.1. The van der Waals surface area contributed by atoms with Crippen LogP contribution in [0.15, 0.2) is 41.2 Å². The van der Waals surface area contributed by atoms with Crippen LogP contribution in [0.2, 0.25) is 0 Å². The van der Waals surface area contributed by atoms with Crippen molar-refractivity contribution in [1.82, 2.24) is 4.57 Å². The van der Waals surface area contributed by atoms with Gasteiger partial charge in [0, 0.05) is 29.2 Å². The van der Waals surface area contributed by atoms with Gasteiger partial charge in [-0.05, 0) is 32.4 Å². The van der Waals surface area contributed by atoms with Crippen molar-refractivity contribution in [2.45, 2.75) is 27.3 Å². The Bertz CT molecular complexity index is 676. The summed E-state index contributed by atoms with van der Waals surface area (Å²) in [7, 11) is 0. The molecule has 4 heteroatoms. The highest BCUT2D eigenvalue weighted by Gasteiger charge is 2.08. The number of carbonyl (C=O) groups is 1. The van der Waals surface area contributed by atoms with Crippen molar-refractivity contribution in [2.24, 2.45) is 0 Å². The fraction of sp³-hybridized carbons (Fsp3) is 0.250. The van der Waals surface area contributed by atoms with Gasteiger partial charge in [-0.3, -0.25) is 9.59 Å². The average molecular weight is 270 g/mol. The van der Waals surface area contributed by atoms with Crippen molar-refractivity contribution in [1.29, 1.82) is 0 Å². The first-order chi connectivity index (χ1) is 9.47. The number of benzene rings is 1. The van der Waals surface area contributed by atoms with Gasteiger partial charge in [0.05, 0.1) is 0 Å². The van der Waals surface area contributed by atoms with Crippen molar-refractivity contribution in [3.05, 3.63) is 63.6 Å². The molecule has 1 N–H and O–H groups in total. The van der Waals surface area contributed by atoms with E-state index < -0.39 is 0 Å². The van der Waals surface area contributed by atoms with Crippen LogP contribution in [0.4, 0.5) is 5.69 Å². The number of pyridine rings is 1. The molecule has 0 aliphatic rings. The molecule has 1 amide bonds. The van der Waals surface area contributed by atoms with E-state index in [2.05, 4.69) is 5.32 Å². The predicted molar refractivity (Wildman–Crippen MR) is 80.0 cm³/mol. The number of nitrogens with zero attached hydrogens (tertiary/aromatic N) is 1. The molecule has 20 heavy (non-hydrogen) atoms. The van der Waals surface area contributed by atoms with E-state index in [1.54, 1.807) is 0 Å². The van der Waals surface area contributed by atoms with E-state index in [1.165, 1.54) is 12.1 Å². The Hall–Kier alpha value is -2.36. The molecule has 2 aromatic rings. The minimum absolute atomic E-state index is 0.0319. The van der Waals surface area contributed by atoms with Gasteiger partial charge in [0.2, 0.25) is 5.91 Å². The minimum atomic E-state index is -0.103. The molecule has 0 bridgehead atoms. The summed E-state index contributed by atoms with van der Waals surface area (Å²) >= 11 is 0. The van der Waals surface area contributed by atoms with Gasteiger partial charge >= 0.3 is 0 Å². The lowest BCUT2D eigenvalue weighted by Gasteiger charge is -2.14. The largest absolute Gasteiger partial charge is 0.340 e. The van der Waals surface area contributed by atoms with Gasteiger partial charge in [-0.1, -0.05) is 18.2 Å². The lowest BCUT2D eigenvalue weighted by atomic mass is 10.2. The monoisotopic (exact) mass is 270 g/mol. The molecule has 1 aromatic carbocycles. The molecule has 0 unspecified atom stereocenters. The van der Waals surface area contributed by atoms with E-state index in [0.717, 1.165) is 22.6 Å². The predicted octanol–water partition coefficient (Wildman–Crippen LogP) is 2.41. The van der Waals surface area contributed by atoms with Crippen LogP contribution < -0.4 is 10.7 Å². The third-order valence-corrected chi connectivity index (χ3v) is 3.27. The lowest BCUT2D eigenvalue weighted by molar-refractivity contribution is -0.116. The van der Waals surface area contributed by atoms with Crippen molar-refractivity contribution in [3.8, 4) is 0 Å². The standard InChI is InChI=1S/C16H18N2O2/c1-11-6-4-5-7-15(11)17-16(20)10-18-12(2)8-14(19)9-13(18)3/h4-9H,10H2,1-3H3,(H,17,20). The topological polar surface area (TPSA) is 51.1 Å². The Morgan fingerprint density at radius 3 is 2.30 bits per heavy atom. The maximum Gasteiger partial charge on any atom is 0.244 e. The van der Waals surface area contributed by atoms with Gasteiger partial charge in [-0.2, -0.15) is 0 Å². The Morgan fingerprint density at radius 2 is 1.70 bits per heavy atom. The Balaban J connectivity index is 2.17. The highest BCUT2D eigenvalue weighted by Crippen LogP contribution is 2.13. The summed E-state index contributed by atoms with van der Waals surface area (Å²) in [5, 5.41) is 2.89. The van der Waals surface area contributed by atoms with Crippen LogP contribution in [-0.4, -0.2) is 10.5 Å². The summed E-state index contributed by atoms with van der Waals surface area (Å²) in [5.41, 5.74) is 3.38. The quantitative estimate of drug-likeness (QED) is 0.931. The molecule has 4 nitrogen and oxygen atoms in total. The maximum absolute atomic E-state index is 12.1. The number of para-hydroxylation sites is 1. The highest BCUT2D eigenvalue weighted by atomic mass is 16.2. The summed E-state index contributed by atoms with van der Waals surface area (Å²) < 4.78 is 1.83. The average Bonchev–Trinajstić information content (AvgIpc) is 2.36. The minimum Gasteiger partial charge on any atom is -0.340 e. The number of rotatable bonds is 3. The van der Waals surface area contributed by atoms with E-state index in [1.807, 2.05) is 49.6 Å². The first kappa shape index (κ1) is 14.1. The Kier molecular flexibility index (Phi) is 4.03. The van der Waals surface area contributed by atoms with Crippen molar-refractivity contribution >= 4 is 11.6 Å².